The monoisotopic (exact) mass is 340 g/mol. The van der Waals surface area contributed by atoms with Crippen LogP contribution >= 0.6 is 27.3 Å². The maximum absolute atomic E-state index is 11.7. The molecule has 0 fully saturated rings. The average molecular weight is 341 g/mol. The van der Waals surface area contributed by atoms with Gasteiger partial charge in [-0.25, -0.2) is 9.78 Å². The van der Waals surface area contributed by atoms with Crippen molar-refractivity contribution in [2.24, 2.45) is 0 Å². The highest BCUT2D eigenvalue weighted by Crippen LogP contribution is 2.37. The van der Waals surface area contributed by atoms with Crippen LogP contribution in [0.1, 0.15) is 16.6 Å². The maximum atomic E-state index is 11.7. The Hall–Kier alpha value is -1.60. The standard InChI is InChI=1S/C12H9BrN2O3S/c1-2-18-12(17)10-9(16)8-11(19-10)15-5-6(13)3-4-7(15)14-8/h3-5,16H,2H2,1H3. The summed E-state index contributed by atoms with van der Waals surface area (Å²) in [7, 11) is 0. The van der Waals surface area contributed by atoms with E-state index in [9.17, 15) is 9.90 Å². The molecule has 1 N–H and O–H groups in total. The van der Waals surface area contributed by atoms with E-state index < -0.39 is 5.97 Å². The molecule has 0 aliphatic rings. The number of imidazole rings is 1. The summed E-state index contributed by atoms with van der Waals surface area (Å²) in [6.45, 7) is 2.00. The number of hydrogen-bond donors (Lipinski definition) is 1. The molecule has 0 spiro atoms. The van der Waals surface area contributed by atoms with Crippen molar-refractivity contribution in [2.45, 2.75) is 6.92 Å². The van der Waals surface area contributed by atoms with E-state index in [1.807, 2.05) is 22.7 Å². The number of esters is 1. The molecule has 0 aliphatic carbocycles. The number of ether oxygens (including phenoxy) is 1. The van der Waals surface area contributed by atoms with Crippen molar-refractivity contribution in [3.8, 4) is 5.75 Å². The van der Waals surface area contributed by atoms with Crippen molar-refractivity contribution < 1.29 is 14.6 Å². The molecule has 3 aromatic heterocycles. The Morgan fingerprint density at radius 1 is 1.58 bits per heavy atom. The third kappa shape index (κ3) is 1.89. The number of pyridine rings is 1. The van der Waals surface area contributed by atoms with Gasteiger partial charge in [-0.05, 0) is 35.0 Å². The molecule has 0 unspecified atom stereocenters. The van der Waals surface area contributed by atoms with E-state index >= 15 is 0 Å². The van der Waals surface area contributed by atoms with Crippen molar-refractivity contribution in [3.05, 3.63) is 27.7 Å². The van der Waals surface area contributed by atoms with Crippen LogP contribution in [0.5, 0.6) is 5.75 Å². The lowest BCUT2D eigenvalue weighted by atomic mass is 10.4. The van der Waals surface area contributed by atoms with E-state index in [1.54, 1.807) is 6.92 Å². The molecule has 5 nitrogen and oxygen atoms in total. The van der Waals surface area contributed by atoms with Gasteiger partial charge in [-0.1, -0.05) is 0 Å². The van der Waals surface area contributed by atoms with Gasteiger partial charge in [-0.3, -0.25) is 4.40 Å². The molecule has 0 aromatic carbocycles. The minimum atomic E-state index is -0.522. The lowest BCUT2D eigenvalue weighted by Crippen LogP contribution is -2.02. The summed E-state index contributed by atoms with van der Waals surface area (Å²) in [6, 6.07) is 3.70. The largest absolute Gasteiger partial charge is 0.504 e. The van der Waals surface area contributed by atoms with Gasteiger partial charge in [-0.2, -0.15) is 0 Å². The summed E-state index contributed by atoms with van der Waals surface area (Å²) >= 11 is 4.56. The van der Waals surface area contributed by atoms with E-state index in [4.69, 9.17) is 4.74 Å². The summed E-state index contributed by atoms with van der Waals surface area (Å²) in [4.78, 5) is 16.9. The van der Waals surface area contributed by atoms with Crippen LogP contribution in [0.3, 0.4) is 0 Å². The number of rotatable bonds is 2. The van der Waals surface area contributed by atoms with Gasteiger partial charge in [0.25, 0.3) is 0 Å². The number of fused-ring (bicyclic) bond motifs is 3. The summed E-state index contributed by atoms with van der Waals surface area (Å²) in [6.07, 6.45) is 1.84. The van der Waals surface area contributed by atoms with Gasteiger partial charge in [-0.15, -0.1) is 11.3 Å². The van der Waals surface area contributed by atoms with Gasteiger partial charge in [0.15, 0.2) is 10.6 Å². The molecule has 0 amide bonds. The van der Waals surface area contributed by atoms with Crippen molar-refractivity contribution in [1.82, 2.24) is 9.38 Å². The van der Waals surface area contributed by atoms with Crippen LogP contribution < -0.4 is 0 Å². The normalized spacial score (nSPS) is 11.3. The Balaban J connectivity index is 2.26. The maximum Gasteiger partial charge on any atom is 0.352 e. The molecular weight excluding hydrogens is 332 g/mol. The number of carbonyl (C=O) groups excluding carboxylic acids is 1. The third-order valence-electron chi connectivity index (χ3n) is 2.64. The third-order valence-corrected chi connectivity index (χ3v) is 4.25. The van der Waals surface area contributed by atoms with E-state index in [0.29, 0.717) is 5.52 Å². The number of carbonyl (C=O) groups is 1. The Labute approximate surface area is 120 Å². The molecule has 0 aliphatic heterocycles. The van der Waals surface area contributed by atoms with Crippen molar-refractivity contribution in [2.75, 3.05) is 6.61 Å². The van der Waals surface area contributed by atoms with E-state index in [-0.39, 0.29) is 17.2 Å². The quantitative estimate of drug-likeness (QED) is 0.727. The lowest BCUT2D eigenvalue weighted by Gasteiger charge is -1.98. The first-order valence-corrected chi connectivity index (χ1v) is 7.19. The zero-order valence-corrected chi connectivity index (χ0v) is 12.3. The number of hydrogen-bond acceptors (Lipinski definition) is 5. The molecule has 3 heterocycles. The summed E-state index contributed by atoms with van der Waals surface area (Å²) in [5.74, 6) is -0.634. The van der Waals surface area contributed by atoms with Crippen molar-refractivity contribution in [3.63, 3.8) is 0 Å². The number of thiophene rings is 1. The molecule has 7 heteroatoms. The number of halogens is 1. The van der Waals surface area contributed by atoms with Crippen LogP contribution in [-0.2, 0) is 4.74 Å². The molecule has 3 aromatic rings. The second-order valence-corrected chi connectivity index (χ2v) is 5.76. The Kier molecular flexibility index (Phi) is 2.94. The van der Waals surface area contributed by atoms with Gasteiger partial charge in [0.05, 0.1) is 6.61 Å². The number of aromatic hydroxyl groups is 1. The first-order chi connectivity index (χ1) is 9.11. The Morgan fingerprint density at radius 3 is 3.11 bits per heavy atom. The van der Waals surface area contributed by atoms with Crippen LogP contribution in [0.4, 0.5) is 0 Å². The van der Waals surface area contributed by atoms with Crippen molar-refractivity contribution in [1.29, 1.82) is 0 Å². The van der Waals surface area contributed by atoms with Gasteiger partial charge >= 0.3 is 5.97 Å². The van der Waals surface area contributed by atoms with Crippen LogP contribution in [0, 0.1) is 0 Å². The molecule has 19 heavy (non-hydrogen) atoms. The first-order valence-electron chi connectivity index (χ1n) is 5.58. The smallest absolute Gasteiger partial charge is 0.352 e. The van der Waals surface area contributed by atoms with Gasteiger partial charge in [0, 0.05) is 10.7 Å². The second-order valence-electron chi connectivity index (χ2n) is 3.84. The van der Waals surface area contributed by atoms with E-state index in [2.05, 4.69) is 20.9 Å². The highest BCUT2D eigenvalue weighted by molar-refractivity contribution is 9.10. The predicted octanol–water partition coefficient (Wildman–Crippen LogP) is 3.19. The highest BCUT2D eigenvalue weighted by Gasteiger charge is 2.22. The number of aromatic nitrogens is 2. The average Bonchev–Trinajstić information content (AvgIpc) is 2.88. The fraction of sp³-hybridized carbons (Fsp3) is 0.167. The first kappa shape index (κ1) is 12.4. The van der Waals surface area contributed by atoms with Crippen LogP contribution in [0.15, 0.2) is 22.8 Å². The molecule has 0 saturated carbocycles. The molecule has 0 saturated heterocycles. The fourth-order valence-corrected chi connectivity index (χ4v) is 3.19. The van der Waals surface area contributed by atoms with E-state index in [0.717, 1.165) is 15.0 Å². The second kappa shape index (κ2) is 4.50. The molecule has 3 rings (SSSR count). The van der Waals surface area contributed by atoms with Crippen LogP contribution in [0.25, 0.3) is 16.0 Å². The molecule has 98 valence electrons. The van der Waals surface area contributed by atoms with Crippen LogP contribution in [-0.4, -0.2) is 27.1 Å². The molecule has 0 atom stereocenters. The zero-order chi connectivity index (χ0) is 13.6. The predicted molar refractivity (Wildman–Crippen MR) is 75.9 cm³/mol. The van der Waals surface area contributed by atoms with Crippen molar-refractivity contribution >= 4 is 49.2 Å². The highest BCUT2D eigenvalue weighted by atomic mass is 79.9. The zero-order valence-electron chi connectivity index (χ0n) is 9.88. The Bertz CT molecular complexity index is 793. The molecule has 0 radical (unpaired) electrons. The Morgan fingerprint density at radius 2 is 2.37 bits per heavy atom. The SMILES string of the molecule is CCOC(=O)c1sc2c(nc3ccc(Br)cn32)c1O. The number of nitrogens with zero attached hydrogens (tertiary/aromatic N) is 2. The summed E-state index contributed by atoms with van der Waals surface area (Å²) in [5.41, 5.74) is 1.14. The molecular formula is C12H9BrN2O3S. The minimum absolute atomic E-state index is 0.113. The lowest BCUT2D eigenvalue weighted by molar-refractivity contribution is 0.0529. The van der Waals surface area contributed by atoms with E-state index in [1.165, 1.54) is 11.3 Å². The van der Waals surface area contributed by atoms with Gasteiger partial charge < -0.3 is 9.84 Å². The molecule has 0 bridgehead atoms. The topological polar surface area (TPSA) is 63.8 Å². The summed E-state index contributed by atoms with van der Waals surface area (Å²) < 4.78 is 7.63. The van der Waals surface area contributed by atoms with Gasteiger partial charge in [0.1, 0.15) is 16.0 Å². The minimum Gasteiger partial charge on any atom is -0.504 e. The van der Waals surface area contributed by atoms with Gasteiger partial charge in [0.2, 0.25) is 0 Å². The fourth-order valence-electron chi connectivity index (χ4n) is 1.84. The summed E-state index contributed by atoms with van der Waals surface area (Å²) in [5, 5.41) is 10.1. The van der Waals surface area contributed by atoms with Crippen LogP contribution in [0.2, 0.25) is 0 Å².